The van der Waals surface area contributed by atoms with Crippen molar-refractivity contribution in [1.82, 2.24) is 0 Å². The lowest BCUT2D eigenvalue weighted by atomic mass is 9.93. The zero-order valence-corrected chi connectivity index (χ0v) is 14.6. The molecule has 1 aliphatic rings. The molecule has 0 saturated heterocycles. The van der Waals surface area contributed by atoms with Gasteiger partial charge in [-0.25, -0.2) is 9.59 Å². The second-order valence-corrected chi connectivity index (χ2v) is 5.83. The van der Waals surface area contributed by atoms with E-state index in [1.807, 2.05) is 0 Å². The number of halogens is 4. The highest BCUT2D eigenvalue weighted by atomic mass is 35.5. The molecule has 0 fully saturated rings. The second kappa shape index (κ2) is 7.14. The van der Waals surface area contributed by atoms with Crippen LogP contribution in [0.1, 0.15) is 19.4 Å². The van der Waals surface area contributed by atoms with Crippen molar-refractivity contribution in [3.8, 4) is 0 Å². The summed E-state index contributed by atoms with van der Waals surface area (Å²) in [7, 11) is 0. The standard InChI is InChI=1S/C16H15ClF3NO5/c1-3-25-13(23)15(14(24)26-4-2)8-9-7-10(17)5-6-11(9)21(15)12(22)16(18,19)20/h5-7H,3-4,8H2,1-2H3. The van der Waals surface area contributed by atoms with Crippen LogP contribution in [0.15, 0.2) is 18.2 Å². The van der Waals surface area contributed by atoms with Crippen LogP contribution in [-0.2, 0) is 30.3 Å². The van der Waals surface area contributed by atoms with Gasteiger partial charge in [0.2, 0.25) is 5.54 Å². The maximum Gasteiger partial charge on any atom is 0.471 e. The van der Waals surface area contributed by atoms with Crippen LogP contribution in [0.5, 0.6) is 0 Å². The predicted molar refractivity (Wildman–Crippen MR) is 84.7 cm³/mol. The van der Waals surface area contributed by atoms with Gasteiger partial charge in [-0.3, -0.25) is 9.69 Å². The lowest BCUT2D eigenvalue weighted by Crippen LogP contribution is -2.64. The number of nitrogens with zero attached hydrogens (tertiary/aromatic N) is 1. The Morgan fingerprint density at radius 1 is 1.15 bits per heavy atom. The molecular formula is C16H15ClF3NO5. The van der Waals surface area contributed by atoms with Crippen LogP contribution in [0, 0.1) is 0 Å². The minimum atomic E-state index is -5.33. The number of ether oxygens (including phenoxy) is 2. The van der Waals surface area contributed by atoms with E-state index in [9.17, 15) is 27.6 Å². The van der Waals surface area contributed by atoms with Crippen molar-refractivity contribution in [2.45, 2.75) is 32.0 Å². The Labute approximate surface area is 151 Å². The number of hydrogen-bond donors (Lipinski definition) is 0. The van der Waals surface area contributed by atoms with Gasteiger partial charge < -0.3 is 9.47 Å². The van der Waals surface area contributed by atoms with E-state index >= 15 is 0 Å². The summed E-state index contributed by atoms with van der Waals surface area (Å²) >= 11 is 5.86. The molecule has 1 amide bonds. The fourth-order valence-corrected chi connectivity index (χ4v) is 2.99. The van der Waals surface area contributed by atoms with Gasteiger partial charge in [0.1, 0.15) is 0 Å². The summed E-state index contributed by atoms with van der Waals surface area (Å²) in [5, 5.41) is 0.173. The summed E-state index contributed by atoms with van der Waals surface area (Å²) in [6.07, 6.45) is -5.87. The molecule has 1 heterocycles. The third-order valence-electron chi connectivity index (χ3n) is 3.78. The largest absolute Gasteiger partial charge is 0.471 e. The molecule has 0 bridgehead atoms. The molecule has 26 heavy (non-hydrogen) atoms. The molecule has 142 valence electrons. The summed E-state index contributed by atoms with van der Waals surface area (Å²) in [4.78, 5) is 37.3. The zero-order chi connectivity index (χ0) is 19.7. The van der Waals surface area contributed by atoms with Gasteiger partial charge in [0, 0.05) is 17.1 Å². The third-order valence-corrected chi connectivity index (χ3v) is 4.02. The van der Waals surface area contributed by atoms with Crippen LogP contribution in [0.3, 0.4) is 0 Å². The van der Waals surface area contributed by atoms with Gasteiger partial charge in [-0.1, -0.05) is 11.6 Å². The van der Waals surface area contributed by atoms with Gasteiger partial charge in [-0.15, -0.1) is 0 Å². The summed E-state index contributed by atoms with van der Waals surface area (Å²) in [5.74, 6) is -4.98. The van der Waals surface area contributed by atoms with Gasteiger partial charge in [0.15, 0.2) is 0 Å². The second-order valence-electron chi connectivity index (χ2n) is 5.39. The van der Waals surface area contributed by atoms with E-state index in [0.29, 0.717) is 0 Å². The van der Waals surface area contributed by atoms with Crippen molar-refractivity contribution in [3.05, 3.63) is 28.8 Å². The number of carbonyl (C=O) groups is 3. The molecule has 0 aliphatic carbocycles. The molecule has 0 aromatic heterocycles. The summed E-state index contributed by atoms with van der Waals surface area (Å²) in [5.41, 5.74) is -2.74. The first-order valence-electron chi connectivity index (χ1n) is 7.63. The summed E-state index contributed by atoms with van der Waals surface area (Å²) in [6, 6.07) is 3.68. The Morgan fingerprint density at radius 3 is 2.15 bits per heavy atom. The van der Waals surface area contributed by atoms with E-state index in [4.69, 9.17) is 21.1 Å². The van der Waals surface area contributed by atoms with Crippen LogP contribution < -0.4 is 4.90 Å². The number of rotatable bonds is 4. The average molecular weight is 394 g/mol. The third kappa shape index (κ3) is 3.23. The monoisotopic (exact) mass is 393 g/mol. The van der Waals surface area contributed by atoms with Crippen molar-refractivity contribution in [1.29, 1.82) is 0 Å². The van der Waals surface area contributed by atoms with E-state index in [2.05, 4.69) is 0 Å². The number of anilines is 1. The van der Waals surface area contributed by atoms with E-state index in [-0.39, 0.29) is 34.4 Å². The highest BCUT2D eigenvalue weighted by Gasteiger charge is 2.64. The van der Waals surface area contributed by atoms with Gasteiger partial charge in [-0.2, -0.15) is 13.2 Å². The molecule has 1 aliphatic heterocycles. The number of fused-ring (bicyclic) bond motifs is 1. The molecule has 0 saturated carbocycles. The molecule has 1 aromatic carbocycles. The Hall–Kier alpha value is -2.29. The molecular weight excluding hydrogens is 379 g/mol. The number of hydrogen-bond acceptors (Lipinski definition) is 5. The van der Waals surface area contributed by atoms with Crippen molar-refractivity contribution in [3.63, 3.8) is 0 Å². The molecule has 0 N–H and O–H groups in total. The molecule has 0 spiro atoms. The number of benzene rings is 1. The van der Waals surface area contributed by atoms with Crippen molar-refractivity contribution in [2.75, 3.05) is 18.1 Å². The molecule has 6 nitrogen and oxygen atoms in total. The molecule has 0 unspecified atom stereocenters. The highest BCUT2D eigenvalue weighted by molar-refractivity contribution is 6.31. The van der Waals surface area contributed by atoms with Crippen LogP contribution >= 0.6 is 11.6 Å². The number of amides is 1. The van der Waals surface area contributed by atoms with Gasteiger partial charge in [0.25, 0.3) is 0 Å². The first-order chi connectivity index (χ1) is 12.1. The van der Waals surface area contributed by atoms with E-state index in [1.165, 1.54) is 26.0 Å². The first kappa shape index (κ1) is 20.0. The Bertz CT molecular complexity index is 732. The highest BCUT2D eigenvalue weighted by Crippen LogP contribution is 2.44. The van der Waals surface area contributed by atoms with Gasteiger partial charge in [-0.05, 0) is 37.6 Å². The fourth-order valence-electron chi connectivity index (χ4n) is 2.79. The van der Waals surface area contributed by atoms with Gasteiger partial charge >= 0.3 is 24.0 Å². The first-order valence-corrected chi connectivity index (χ1v) is 8.01. The normalized spacial score (nSPS) is 15.4. The van der Waals surface area contributed by atoms with Crippen LogP contribution in [0.25, 0.3) is 0 Å². The van der Waals surface area contributed by atoms with Crippen molar-refractivity contribution < 1.29 is 37.0 Å². The van der Waals surface area contributed by atoms with Crippen molar-refractivity contribution in [2.24, 2.45) is 0 Å². The van der Waals surface area contributed by atoms with Crippen LogP contribution in [0.4, 0.5) is 18.9 Å². The predicted octanol–water partition coefficient (Wildman–Crippen LogP) is 2.66. The lowest BCUT2D eigenvalue weighted by Gasteiger charge is -2.34. The topological polar surface area (TPSA) is 72.9 Å². The quantitative estimate of drug-likeness (QED) is 0.581. The Balaban J connectivity index is 2.73. The van der Waals surface area contributed by atoms with E-state index in [0.717, 1.165) is 6.07 Å². The SMILES string of the molecule is CCOC(=O)C1(C(=O)OCC)Cc2cc(Cl)ccc2N1C(=O)C(F)(F)F. The molecule has 2 rings (SSSR count). The lowest BCUT2D eigenvalue weighted by molar-refractivity contribution is -0.177. The van der Waals surface area contributed by atoms with Crippen molar-refractivity contribution >= 4 is 35.1 Å². The molecule has 1 aromatic rings. The maximum absolute atomic E-state index is 13.2. The number of carbonyl (C=O) groups excluding carboxylic acids is 3. The molecule has 10 heteroatoms. The fraction of sp³-hybridized carbons (Fsp3) is 0.438. The smallest absolute Gasteiger partial charge is 0.464 e. The van der Waals surface area contributed by atoms with E-state index < -0.39 is 36.0 Å². The maximum atomic E-state index is 13.2. The minimum absolute atomic E-state index is 0.106. The molecule has 0 radical (unpaired) electrons. The van der Waals surface area contributed by atoms with E-state index in [1.54, 1.807) is 0 Å². The zero-order valence-electron chi connectivity index (χ0n) is 13.9. The summed E-state index contributed by atoms with van der Waals surface area (Å²) < 4.78 is 49.2. The van der Waals surface area contributed by atoms with Crippen LogP contribution in [0.2, 0.25) is 5.02 Å². The number of esters is 2. The Morgan fingerprint density at radius 2 is 1.69 bits per heavy atom. The Kier molecular flexibility index (Phi) is 5.50. The molecule has 0 atom stereocenters. The average Bonchev–Trinajstić information content (AvgIpc) is 2.88. The van der Waals surface area contributed by atoms with Crippen LogP contribution in [-0.4, -0.2) is 42.8 Å². The minimum Gasteiger partial charge on any atom is -0.464 e. The number of alkyl halides is 3. The summed E-state index contributed by atoms with van der Waals surface area (Å²) in [6.45, 7) is 2.44. The van der Waals surface area contributed by atoms with Gasteiger partial charge in [0.05, 0.1) is 13.2 Å².